The summed E-state index contributed by atoms with van der Waals surface area (Å²) in [6, 6.07) is 13.9. The van der Waals surface area contributed by atoms with Crippen LogP contribution >= 0.6 is 0 Å². The van der Waals surface area contributed by atoms with E-state index in [1.54, 1.807) is 12.1 Å². The summed E-state index contributed by atoms with van der Waals surface area (Å²) in [4.78, 5) is 21.3. The van der Waals surface area contributed by atoms with Crippen LogP contribution in [0.2, 0.25) is 0 Å². The number of amides is 1. The number of allylic oxidation sites excluding steroid dienone is 1. The second-order valence-corrected chi connectivity index (χ2v) is 11.6. The molecule has 1 aliphatic heterocycles. The molecule has 0 radical (unpaired) electrons. The van der Waals surface area contributed by atoms with Crippen LogP contribution in [0, 0.1) is 0 Å². The Balaban J connectivity index is 1.14. The van der Waals surface area contributed by atoms with Gasteiger partial charge in [-0.25, -0.2) is 0 Å². The Morgan fingerprint density at radius 1 is 1.02 bits per heavy atom. The number of aromatic nitrogens is 3. The zero-order valence-corrected chi connectivity index (χ0v) is 24.0. The van der Waals surface area contributed by atoms with Crippen molar-refractivity contribution in [1.82, 2.24) is 25.4 Å². The third kappa shape index (κ3) is 6.34. The molecule has 42 heavy (non-hydrogen) atoms. The predicted octanol–water partition coefficient (Wildman–Crippen LogP) is 5.25. The first-order valence-electron chi connectivity index (χ1n) is 13.9. The van der Waals surface area contributed by atoms with Crippen LogP contribution in [0.5, 0.6) is 5.88 Å². The summed E-state index contributed by atoms with van der Waals surface area (Å²) >= 11 is 0. The molecule has 5 rings (SSSR count). The van der Waals surface area contributed by atoms with E-state index in [2.05, 4.69) is 75.0 Å². The van der Waals surface area contributed by atoms with Gasteiger partial charge in [0.2, 0.25) is 11.8 Å². The number of nitrogens with one attached hydrogen (secondary N) is 1. The topological polar surface area (TPSA) is 83.5 Å². The number of pyridine rings is 1. The molecule has 0 atom stereocenters. The van der Waals surface area contributed by atoms with E-state index in [1.807, 2.05) is 6.92 Å². The fourth-order valence-electron chi connectivity index (χ4n) is 5.32. The first-order chi connectivity index (χ1) is 19.9. The molecule has 3 aromatic rings. The molecule has 8 nitrogen and oxygen atoms in total. The number of nitrogens with zero attached hydrogens (tertiary/aromatic N) is 5. The molecular weight excluding hydrogens is 545 g/mol. The number of carbonyl (C=O) groups excluding carboxylic acids is 1. The number of rotatable bonds is 9. The van der Waals surface area contributed by atoms with E-state index in [4.69, 9.17) is 4.74 Å². The standard InChI is InChI=1S/C31H35F3N6O2/c1-21(2)39-15-16-40(29(3,4)20-39)24-8-5-22(6-9-24)17-36-28(41)30(13-14-30)25-11-12-27(38-37-25)42-19-23-7-10-26(35-18-23)31(32,33)34/h5-12,18H,1,13-17,19-20H2,2-4H3,(H,36,41). The number of carbonyl (C=O) groups is 1. The van der Waals surface area contributed by atoms with Crippen molar-refractivity contribution < 1.29 is 22.7 Å². The Hall–Kier alpha value is -4.15. The van der Waals surface area contributed by atoms with Gasteiger partial charge in [0.25, 0.3) is 0 Å². The smallest absolute Gasteiger partial charge is 0.433 e. The lowest BCUT2D eigenvalue weighted by Crippen LogP contribution is -2.58. The van der Waals surface area contributed by atoms with Crippen molar-refractivity contribution in [3.63, 3.8) is 0 Å². The summed E-state index contributed by atoms with van der Waals surface area (Å²) in [7, 11) is 0. The van der Waals surface area contributed by atoms with Crippen molar-refractivity contribution in [1.29, 1.82) is 0 Å². The van der Waals surface area contributed by atoms with Crippen molar-refractivity contribution in [2.24, 2.45) is 0 Å². The van der Waals surface area contributed by atoms with E-state index in [-0.39, 0.29) is 23.9 Å². The second kappa shape index (κ2) is 11.3. The van der Waals surface area contributed by atoms with Gasteiger partial charge in [0, 0.05) is 55.4 Å². The summed E-state index contributed by atoms with van der Waals surface area (Å²) in [6.07, 6.45) is -2.02. The highest BCUT2D eigenvalue weighted by molar-refractivity contribution is 5.90. The van der Waals surface area contributed by atoms with E-state index in [0.717, 1.165) is 48.8 Å². The molecule has 1 aromatic carbocycles. The maximum Gasteiger partial charge on any atom is 0.433 e. The number of ether oxygens (including phenoxy) is 1. The van der Waals surface area contributed by atoms with Crippen LogP contribution in [0.4, 0.5) is 18.9 Å². The lowest BCUT2D eigenvalue weighted by Gasteiger charge is -2.49. The molecule has 1 saturated heterocycles. The maximum absolute atomic E-state index is 13.2. The van der Waals surface area contributed by atoms with Gasteiger partial charge in [-0.15, -0.1) is 5.10 Å². The SMILES string of the molecule is C=C(C)N1CCN(c2ccc(CNC(=O)C3(c4ccc(OCc5ccc(C(F)(F)F)nc5)nn4)CC3)cc2)C(C)(C)C1. The molecule has 1 saturated carbocycles. The number of benzene rings is 1. The van der Waals surface area contributed by atoms with E-state index < -0.39 is 17.3 Å². The molecule has 222 valence electrons. The summed E-state index contributed by atoms with van der Waals surface area (Å²) in [6.45, 7) is 13.8. The maximum atomic E-state index is 13.2. The number of piperazine rings is 1. The van der Waals surface area contributed by atoms with Gasteiger partial charge in [-0.3, -0.25) is 9.78 Å². The first kappa shape index (κ1) is 29.3. The van der Waals surface area contributed by atoms with Crippen LogP contribution in [0.25, 0.3) is 0 Å². The molecule has 3 heterocycles. The van der Waals surface area contributed by atoms with Crippen molar-refractivity contribution in [2.45, 2.75) is 63.9 Å². The van der Waals surface area contributed by atoms with Crippen molar-refractivity contribution in [3.05, 3.63) is 89.5 Å². The number of halogens is 3. The van der Waals surface area contributed by atoms with Gasteiger partial charge in [-0.2, -0.15) is 18.3 Å². The summed E-state index contributed by atoms with van der Waals surface area (Å²) < 4.78 is 43.6. The van der Waals surface area contributed by atoms with Crippen LogP contribution in [0.3, 0.4) is 0 Å². The Morgan fingerprint density at radius 2 is 1.74 bits per heavy atom. The zero-order chi connectivity index (χ0) is 30.1. The molecule has 2 aliphatic rings. The zero-order valence-electron chi connectivity index (χ0n) is 24.0. The Kier molecular flexibility index (Phi) is 7.87. The Labute approximate surface area is 243 Å². The monoisotopic (exact) mass is 580 g/mol. The van der Waals surface area contributed by atoms with Gasteiger partial charge in [-0.1, -0.05) is 24.8 Å². The molecule has 1 aliphatic carbocycles. The van der Waals surface area contributed by atoms with Crippen molar-refractivity contribution in [2.75, 3.05) is 24.5 Å². The van der Waals surface area contributed by atoms with Crippen molar-refractivity contribution >= 4 is 11.6 Å². The number of alkyl halides is 3. The average molecular weight is 581 g/mol. The summed E-state index contributed by atoms with van der Waals surface area (Å²) in [5.74, 6) is 0.113. The van der Waals surface area contributed by atoms with E-state index >= 15 is 0 Å². The quantitative estimate of drug-likeness (QED) is 0.370. The highest BCUT2D eigenvalue weighted by Gasteiger charge is 2.52. The molecule has 0 spiro atoms. The van der Waals surface area contributed by atoms with E-state index in [1.165, 1.54) is 6.07 Å². The highest BCUT2D eigenvalue weighted by atomic mass is 19.4. The summed E-state index contributed by atoms with van der Waals surface area (Å²) in [5, 5.41) is 11.4. The van der Waals surface area contributed by atoms with Crippen LogP contribution < -0.4 is 15.0 Å². The van der Waals surface area contributed by atoms with Gasteiger partial charge in [0.05, 0.1) is 16.6 Å². The van der Waals surface area contributed by atoms with Gasteiger partial charge in [0.1, 0.15) is 12.3 Å². The van der Waals surface area contributed by atoms with Crippen LogP contribution in [0.1, 0.15) is 56.1 Å². The van der Waals surface area contributed by atoms with Crippen LogP contribution in [0.15, 0.2) is 67.0 Å². The molecule has 0 bridgehead atoms. The van der Waals surface area contributed by atoms with Gasteiger partial charge in [0.15, 0.2) is 0 Å². The molecular formula is C31H35F3N6O2. The minimum atomic E-state index is -4.49. The Morgan fingerprint density at radius 3 is 2.29 bits per heavy atom. The van der Waals surface area contributed by atoms with Crippen LogP contribution in [-0.4, -0.2) is 51.2 Å². The normalized spacial score (nSPS) is 17.5. The molecule has 11 heteroatoms. The third-order valence-corrected chi connectivity index (χ3v) is 7.96. The molecule has 0 unspecified atom stereocenters. The highest BCUT2D eigenvalue weighted by Crippen LogP contribution is 2.47. The largest absolute Gasteiger partial charge is 0.472 e. The lowest BCUT2D eigenvalue weighted by molar-refractivity contribution is -0.141. The third-order valence-electron chi connectivity index (χ3n) is 7.96. The van der Waals surface area contributed by atoms with Gasteiger partial charge >= 0.3 is 6.18 Å². The van der Waals surface area contributed by atoms with E-state index in [0.29, 0.717) is 30.6 Å². The second-order valence-electron chi connectivity index (χ2n) is 11.6. The molecule has 1 N–H and O–H groups in total. The summed E-state index contributed by atoms with van der Waals surface area (Å²) in [5.41, 5.74) is 2.58. The molecule has 2 fully saturated rings. The average Bonchev–Trinajstić information content (AvgIpc) is 3.77. The first-order valence-corrected chi connectivity index (χ1v) is 13.9. The van der Waals surface area contributed by atoms with Crippen LogP contribution in [-0.2, 0) is 29.5 Å². The minimum Gasteiger partial charge on any atom is -0.472 e. The minimum absolute atomic E-state index is 0.00816. The number of anilines is 1. The lowest BCUT2D eigenvalue weighted by atomic mass is 9.97. The Bertz CT molecular complexity index is 1420. The molecule has 2 aromatic heterocycles. The van der Waals surface area contributed by atoms with Gasteiger partial charge in [-0.05, 0) is 63.4 Å². The predicted molar refractivity (Wildman–Crippen MR) is 153 cm³/mol. The van der Waals surface area contributed by atoms with Crippen molar-refractivity contribution in [3.8, 4) is 5.88 Å². The fourth-order valence-corrected chi connectivity index (χ4v) is 5.32. The number of hydrogen-bond acceptors (Lipinski definition) is 7. The number of hydrogen-bond donors (Lipinski definition) is 1. The van der Waals surface area contributed by atoms with Gasteiger partial charge < -0.3 is 19.9 Å². The van der Waals surface area contributed by atoms with E-state index in [9.17, 15) is 18.0 Å². The fraction of sp³-hybridized carbons (Fsp3) is 0.419. The molecule has 1 amide bonds.